The van der Waals surface area contributed by atoms with E-state index in [4.69, 9.17) is 9.47 Å². The molecule has 7 nitrogen and oxygen atoms in total. The van der Waals surface area contributed by atoms with Crippen molar-refractivity contribution in [3.05, 3.63) is 36.8 Å². The molecule has 1 fully saturated rings. The Bertz CT molecular complexity index is 769. The van der Waals surface area contributed by atoms with Gasteiger partial charge in [-0.15, -0.1) is 0 Å². The molecule has 0 saturated carbocycles. The minimum atomic E-state index is -0.0817. The van der Waals surface area contributed by atoms with E-state index in [9.17, 15) is 4.79 Å². The summed E-state index contributed by atoms with van der Waals surface area (Å²) in [6.07, 6.45) is 7.75. The molecule has 26 heavy (non-hydrogen) atoms. The van der Waals surface area contributed by atoms with Crippen LogP contribution >= 0.6 is 0 Å². The van der Waals surface area contributed by atoms with E-state index in [-0.39, 0.29) is 11.8 Å². The standard InChI is InChI=1S/C19H22N4O3/c24-19(14-3-1-8-23(13-14)18-12-20-6-7-21-18)22-15-4-5-16-17(11-15)26-10-2-9-25-16/h4-7,11-12,14H,1-3,8-10,13H2,(H,22,24)/t14-/m0/s1. The molecule has 136 valence electrons. The zero-order valence-electron chi connectivity index (χ0n) is 14.6. The van der Waals surface area contributed by atoms with Crippen molar-refractivity contribution in [3.8, 4) is 11.5 Å². The molecule has 2 aromatic rings. The van der Waals surface area contributed by atoms with Crippen molar-refractivity contribution in [3.63, 3.8) is 0 Å². The maximum Gasteiger partial charge on any atom is 0.229 e. The second-order valence-corrected chi connectivity index (χ2v) is 6.55. The molecule has 2 aliphatic heterocycles. The SMILES string of the molecule is O=C(Nc1ccc2c(c1)OCCCO2)[C@H]1CCCN(c2cnccn2)C1. The minimum Gasteiger partial charge on any atom is -0.490 e. The molecule has 1 aromatic carbocycles. The molecule has 0 radical (unpaired) electrons. The van der Waals surface area contributed by atoms with Gasteiger partial charge in [0, 0.05) is 43.7 Å². The number of piperidine rings is 1. The Balaban J connectivity index is 1.42. The smallest absolute Gasteiger partial charge is 0.229 e. The number of ether oxygens (including phenoxy) is 2. The number of benzene rings is 1. The third kappa shape index (κ3) is 3.71. The topological polar surface area (TPSA) is 76.6 Å². The molecule has 2 aliphatic rings. The zero-order chi connectivity index (χ0) is 17.8. The first-order valence-corrected chi connectivity index (χ1v) is 9.01. The third-order valence-electron chi connectivity index (χ3n) is 4.68. The summed E-state index contributed by atoms with van der Waals surface area (Å²) >= 11 is 0. The van der Waals surface area contributed by atoms with E-state index in [1.54, 1.807) is 18.6 Å². The number of rotatable bonds is 3. The van der Waals surface area contributed by atoms with Crippen LogP contribution < -0.4 is 19.7 Å². The summed E-state index contributed by atoms with van der Waals surface area (Å²) in [5.74, 6) is 2.17. The molecule has 4 rings (SSSR count). The van der Waals surface area contributed by atoms with Crippen molar-refractivity contribution >= 4 is 17.4 Å². The summed E-state index contributed by atoms with van der Waals surface area (Å²) in [4.78, 5) is 23.3. The maximum absolute atomic E-state index is 12.7. The maximum atomic E-state index is 12.7. The fourth-order valence-electron chi connectivity index (χ4n) is 3.34. The molecular weight excluding hydrogens is 332 g/mol. The summed E-state index contributed by atoms with van der Waals surface area (Å²) in [7, 11) is 0. The molecule has 1 N–H and O–H groups in total. The number of anilines is 2. The number of hydrogen-bond acceptors (Lipinski definition) is 6. The second kappa shape index (κ2) is 7.59. The van der Waals surface area contributed by atoms with Gasteiger partial charge in [-0.05, 0) is 25.0 Å². The van der Waals surface area contributed by atoms with Crippen LogP contribution in [-0.2, 0) is 4.79 Å². The molecule has 0 spiro atoms. The van der Waals surface area contributed by atoms with E-state index in [1.165, 1.54) is 0 Å². The largest absolute Gasteiger partial charge is 0.490 e. The van der Waals surface area contributed by atoms with Gasteiger partial charge < -0.3 is 19.7 Å². The molecule has 0 aliphatic carbocycles. The number of hydrogen-bond donors (Lipinski definition) is 1. The zero-order valence-corrected chi connectivity index (χ0v) is 14.6. The Morgan fingerprint density at radius 1 is 1.15 bits per heavy atom. The van der Waals surface area contributed by atoms with E-state index in [0.717, 1.165) is 43.1 Å². The van der Waals surface area contributed by atoms with Crippen LogP contribution in [0.4, 0.5) is 11.5 Å². The lowest BCUT2D eigenvalue weighted by molar-refractivity contribution is -0.120. The normalized spacial score (nSPS) is 19.5. The van der Waals surface area contributed by atoms with Crippen molar-refractivity contribution in [2.45, 2.75) is 19.3 Å². The van der Waals surface area contributed by atoms with Crippen LogP contribution in [0.25, 0.3) is 0 Å². The van der Waals surface area contributed by atoms with E-state index in [0.29, 0.717) is 25.5 Å². The van der Waals surface area contributed by atoms with Gasteiger partial charge in [0.2, 0.25) is 5.91 Å². The highest BCUT2D eigenvalue weighted by atomic mass is 16.5. The summed E-state index contributed by atoms with van der Waals surface area (Å²) in [6.45, 7) is 2.82. The first-order valence-electron chi connectivity index (χ1n) is 9.01. The molecule has 1 atom stereocenters. The molecule has 0 bridgehead atoms. The van der Waals surface area contributed by atoms with Crippen LogP contribution in [0.3, 0.4) is 0 Å². The van der Waals surface area contributed by atoms with Gasteiger partial charge in [-0.3, -0.25) is 9.78 Å². The van der Waals surface area contributed by atoms with Crippen molar-refractivity contribution in [1.29, 1.82) is 0 Å². The van der Waals surface area contributed by atoms with Crippen molar-refractivity contribution in [1.82, 2.24) is 9.97 Å². The fourth-order valence-corrected chi connectivity index (χ4v) is 3.34. The highest BCUT2D eigenvalue weighted by Gasteiger charge is 2.27. The number of fused-ring (bicyclic) bond motifs is 1. The quantitative estimate of drug-likeness (QED) is 0.913. The van der Waals surface area contributed by atoms with Crippen molar-refractivity contribution in [2.75, 3.05) is 36.5 Å². The fraction of sp³-hybridized carbons (Fsp3) is 0.421. The van der Waals surface area contributed by atoms with Gasteiger partial charge in [-0.1, -0.05) is 0 Å². The van der Waals surface area contributed by atoms with Gasteiger partial charge in [0.15, 0.2) is 11.5 Å². The summed E-state index contributed by atoms with van der Waals surface area (Å²) < 4.78 is 11.3. The summed E-state index contributed by atoms with van der Waals surface area (Å²) in [5, 5.41) is 3.02. The Morgan fingerprint density at radius 3 is 2.88 bits per heavy atom. The molecular formula is C19H22N4O3. The average Bonchev–Trinajstić information content (AvgIpc) is 2.94. The van der Waals surface area contributed by atoms with E-state index in [2.05, 4.69) is 20.2 Å². The van der Waals surface area contributed by atoms with Gasteiger partial charge >= 0.3 is 0 Å². The lowest BCUT2D eigenvalue weighted by atomic mass is 9.97. The van der Waals surface area contributed by atoms with Crippen molar-refractivity contribution in [2.24, 2.45) is 5.92 Å². The molecule has 1 aromatic heterocycles. The van der Waals surface area contributed by atoms with Crippen molar-refractivity contribution < 1.29 is 14.3 Å². The average molecular weight is 354 g/mol. The number of carbonyl (C=O) groups is 1. The van der Waals surface area contributed by atoms with Gasteiger partial charge in [0.25, 0.3) is 0 Å². The van der Waals surface area contributed by atoms with Gasteiger partial charge in [-0.2, -0.15) is 0 Å². The highest BCUT2D eigenvalue weighted by Crippen LogP contribution is 2.32. The van der Waals surface area contributed by atoms with Crippen LogP contribution in [0, 0.1) is 5.92 Å². The summed E-state index contributed by atoms with van der Waals surface area (Å²) in [5.41, 5.74) is 0.732. The minimum absolute atomic E-state index is 0.0214. The predicted molar refractivity (Wildman–Crippen MR) is 97.6 cm³/mol. The monoisotopic (exact) mass is 354 g/mol. The van der Waals surface area contributed by atoms with Gasteiger partial charge in [-0.25, -0.2) is 4.98 Å². The van der Waals surface area contributed by atoms with Crippen LogP contribution in [0.1, 0.15) is 19.3 Å². The number of nitrogens with one attached hydrogen (secondary N) is 1. The third-order valence-corrected chi connectivity index (χ3v) is 4.68. The molecule has 3 heterocycles. The van der Waals surface area contributed by atoms with Gasteiger partial charge in [0.1, 0.15) is 5.82 Å². The lowest BCUT2D eigenvalue weighted by Gasteiger charge is -2.32. The Morgan fingerprint density at radius 2 is 2.04 bits per heavy atom. The predicted octanol–water partition coefficient (Wildman–Crippen LogP) is 2.49. The molecule has 1 saturated heterocycles. The van der Waals surface area contributed by atoms with Gasteiger partial charge in [0.05, 0.1) is 25.3 Å². The van der Waals surface area contributed by atoms with E-state index < -0.39 is 0 Å². The first kappa shape index (κ1) is 16.6. The number of nitrogens with zero attached hydrogens (tertiary/aromatic N) is 3. The van der Waals surface area contributed by atoms with Crippen LogP contribution in [0.15, 0.2) is 36.8 Å². The number of amides is 1. The van der Waals surface area contributed by atoms with E-state index >= 15 is 0 Å². The Labute approximate surface area is 152 Å². The van der Waals surface area contributed by atoms with Crippen LogP contribution in [0.2, 0.25) is 0 Å². The molecule has 1 amide bonds. The lowest BCUT2D eigenvalue weighted by Crippen LogP contribution is -2.41. The van der Waals surface area contributed by atoms with E-state index in [1.807, 2.05) is 18.2 Å². The van der Waals surface area contributed by atoms with Crippen LogP contribution in [-0.4, -0.2) is 42.2 Å². The Hall–Kier alpha value is -2.83. The molecule has 7 heteroatoms. The summed E-state index contributed by atoms with van der Waals surface area (Å²) in [6, 6.07) is 5.54. The highest BCUT2D eigenvalue weighted by molar-refractivity contribution is 5.93. The number of aromatic nitrogens is 2. The molecule has 0 unspecified atom stereocenters. The second-order valence-electron chi connectivity index (χ2n) is 6.55. The Kier molecular flexibility index (Phi) is 4.86. The number of carbonyl (C=O) groups excluding carboxylic acids is 1. The van der Waals surface area contributed by atoms with Crippen LogP contribution in [0.5, 0.6) is 11.5 Å². The first-order chi connectivity index (χ1) is 12.8.